The van der Waals surface area contributed by atoms with Crippen molar-refractivity contribution in [2.75, 3.05) is 32.9 Å². The first-order chi connectivity index (χ1) is 11.6. The number of hydrogen-bond donors (Lipinski definition) is 1. The van der Waals surface area contributed by atoms with E-state index in [1.54, 1.807) is 17.0 Å². The topological polar surface area (TPSA) is 84.9 Å². The zero-order valence-corrected chi connectivity index (χ0v) is 13.5. The number of carbonyl (C=O) groups excluding carboxylic acids is 3. The third kappa shape index (κ3) is 5.51. The van der Waals surface area contributed by atoms with E-state index in [1.807, 2.05) is 18.2 Å². The SMILES string of the molecule is CC(=O)N/C(=C/c1ccccc1)C(=O)OCC(=O)N1CCOCC1. The van der Waals surface area contributed by atoms with Crippen molar-refractivity contribution in [2.45, 2.75) is 6.92 Å². The lowest BCUT2D eigenvalue weighted by Crippen LogP contribution is -2.43. The predicted molar refractivity (Wildman–Crippen MR) is 86.6 cm³/mol. The summed E-state index contributed by atoms with van der Waals surface area (Å²) in [6.45, 7) is 2.84. The molecule has 1 saturated heterocycles. The number of ether oxygens (including phenoxy) is 2. The smallest absolute Gasteiger partial charge is 0.355 e. The van der Waals surface area contributed by atoms with Crippen LogP contribution < -0.4 is 5.32 Å². The Morgan fingerprint density at radius 1 is 1.21 bits per heavy atom. The van der Waals surface area contributed by atoms with Gasteiger partial charge in [-0.2, -0.15) is 0 Å². The van der Waals surface area contributed by atoms with Crippen molar-refractivity contribution in [3.8, 4) is 0 Å². The van der Waals surface area contributed by atoms with Gasteiger partial charge in [0.25, 0.3) is 5.91 Å². The Morgan fingerprint density at radius 3 is 2.50 bits per heavy atom. The third-order valence-electron chi connectivity index (χ3n) is 3.33. The van der Waals surface area contributed by atoms with Gasteiger partial charge in [0.2, 0.25) is 5.91 Å². The number of rotatable bonds is 5. The Kier molecular flexibility index (Phi) is 6.51. The van der Waals surface area contributed by atoms with Gasteiger partial charge >= 0.3 is 5.97 Å². The van der Waals surface area contributed by atoms with Crippen LogP contribution in [0.15, 0.2) is 36.0 Å². The van der Waals surface area contributed by atoms with Crippen LogP contribution >= 0.6 is 0 Å². The molecule has 2 amide bonds. The summed E-state index contributed by atoms with van der Waals surface area (Å²) in [5.74, 6) is -1.43. The predicted octanol–water partition coefficient (Wildman–Crippen LogP) is 0.566. The van der Waals surface area contributed by atoms with Crippen LogP contribution in [0.3, 0.4) is 0 Å². The maximum atomic E-state index is 12.2. The molecule has 0 atom stereocenters. The van der Waals surface area contributed by atoms with Crippen molar-refractivity contribution < 1.29 is 23.9 Å². The number of esters is 1. The molecule has 2 rings (SSSR count). The minimum absolute atomic E-state index is 0.0107. The molecule has 1 aromatic carbocycles. The molecule has 0 saturated carbocycles. The largest absolute Gasteiger partial charge is 0.451 e. The highest BCUT2D eigenvalue weighted by molar-refractivity contribution is 5.98. The molecule has 0 aliphatic carbocycles. The summed E-state index contributed by atoms with van der Waals surface area (Å²) in [5.41, 5.74) is 0.723. The van der Waals surface area contributed by atoms with Crippen LogP contribution in [0, 0.1) is 0 Å². The Balaban J connectivity index is 1.98. The number of nitrogens with one attached hydrogen (secondary N) is 1. The molecule has 1 fully saturated rings. The van der Waals surface area contributed by atoms with Gasteiger partial charge in [-0.3, -0.25) is 9.59 Å². The Bertz CT molecular complexity index is 621. The quantitative estimate of drug-likeness (QED) is 0.629. The molecule has 0 aromatic heterocycles. The summed E-state index contributed by atoms with van der Waals surface area (Å²) in [6.07, 6.45) is 1.50. The number of amides is 2. The van der Waals surface area contributed by atoms with E-state index in [4.69, 9.17) is 9.47 Å². The highest BCUT2D eigenvalue weighted by Crippen LogP contribution is 2.07. The van der Waals surface area contributed by atoms with Crippen molar-refractivity contribution in [1.82, 2.24) is 10.2 Å². The molecule has 0 radical (unpaired) electrons. The van der Waals surface area contributed by atoms with Gasteiger partial charge in [0.1, 0.15) is 5.70 Å². The molecule has 24 heavy (non-hydrogen) atoms. The van der Waals surface area contributed by atoms with Crippen molar-refractivity contribution in [1.29, 1.82) is 0 Å². The van der Waals surface area contributed by atoms with Crippen LogP contribution in [0.2, 0.25) is 0 Å². The highest BCUT2D eigenvalue weighted by Gasteiger charge is 2.20. The summed E-state index contributed by atoms with van der Waals surface area (Å²) < 4.78 is 10.2. The van der Waals surface area contributed by atoms with Crippen LogP contribution in [0.1, 0.15) is 12.5 Å². The molecular formula is C17H20N2O5. The van der Waals surface area contributed by atoms with Crippen molar-refractivity contribution in [3.05, 3.63) is 41.6 Å². The third-order valence-corrected chi connectivity index (χ3v) is 3.33. The average Bonchev–Trinajstić information content (AvgIpc) is 2.60. The first-order valence-electron chi connectivity index (χ1n) is 7.63. The second-order valence-electron chi connectivity index (χ2n) is 5.22. The molecule has 1 heterocycles. The second kappa shape index (κ2) is 8.83. The lowest BCUT2D eigenvalue weighted by atomic mass is 10.2. The maximum absolute atomic E-state index is 12.2. The first kappa shape index (κ1) is 17.7. The number of benzene rings is 1. The molecule has 1 N–H and O–H groups in total. The minimum Gasteiger partial charge on any atom is -0.451 e. The highest BCUT2D eigenvalue weighted by atomic mass is 16.5. The van der Waals surface area contributed by atoms with Gasteiger partial charge in [-0.05, 0) is 11.6 Å². The van der Waals surface area contributed by atoms with Gasteiger partial charge in [-0.25, -0.2) is 4.79 Å². The monoisotopic (exact) mass is 332 g/mol. The molecule has 128 valence electrons. The Hall–Kier alpha value is -2.67. The van der Waals surface area contributed by atoms with E-state index in [1.165, 1.54) is 13.0 Å². The van der Waals surface area contributed by atoms with Crippen LogP contribution in [-0.2, 0) is 23.9 Å². The van der Waals surface area contributed by atoms with E-state index in [0.29, 0.717) is 26.3 Å². The zero-order valence-electron chi connectivity index (χ0n) is 13.5. The molecule has 1 aliphatic heterocycles. The molecule has 0 spiro atoms. The number of hydrogen-bond acceptors (Lipinski definition) is 5. The molecule has 1 aliphatic rings. The molecular weight excluding hydrogens is 312 g/mol. The standard InChI is InChI=1S/C17H20N2O5/c1-13(20)18-15(11-14-5-3-2-4-6-14)17(22)24-12-16(21)19-7-9-23-10-8-19/h2-6,11H,7-10,12H2,1H3,(H,18,20)/b15-11+. The second-order valence-corrected chi connectivity index (χ2v) is 5.22. The van der Waals surface area contributed by atoms with Crippen LogP contribution in [0.5, 0.6) is 0 Å². The van der Waals surface area contributed by atoms with Crippen LogP contribution in [-0.4, -0.2) is 55.6 Å². The van der Waals surface area contributed by atoms with E-state index in [-0.39, 0.29) is 18.2 Å². The summed E-state index contributed by atoms with van der Waals surface area (Å²) in [6, 6.07) is 9.03. The lowest BCUT2D eigenvalue weighted by molar-refractivity contribution is -0.151. The maximum Gasteiger partial charge on any atom is 0.355 e. The van der Waals surface area contributed by atoms with Crippen molar-refractivity contribution >= 4 is 23.9 Å². The Morgan fingerprint density at radius 2 is 1.88 bits per heavy atom. The summed E-state index contributed by atoms with van der Waals surface area (Å²) in [7, 11) is 0. The first-order valence-corrected chi connectivity index (χ1v) is 7.63. The van der Waals surface area contributed by atoms with Gasteiger partial charge in [-0.15, -0.1) is 0 Å². The van der Waals surface area contributed by atoms with Crippen molar-refractivity contribution in [3.63, 3.8) is 0 Å². The summed E-state index contributed by atoms with van der Waals surface area (Å²) in [4.78, 5) is 37.0. The van der Waals surface area contributed by atoms with Gasteiger partial charge in [0.15, 0.2) is 6.61 Å². The molecule has 7 heteroatoms. The average molecular weight is 332 g/mol. The van der Waals surface area contributed by atoms with E-state index in [9.17, 15) is 14.4 Å². The summed E-state index contributed by atoms with van der Waals surface area (Å²) in [5, 5.41) is 2.43. The molecule has 1 aromatic rings. The minimum atomic E-state index is -0.754. The van der Waals surface area contributed by atoms with E-state index >= 15 is 0 Å². The molecule has 0 unspecified atom stereocenters. The van der Waals surface area contributed by atoms with Gasteiger partial charge in [-0.1, -0.05) is 30.3 Å². The zero-order chi connectivity index (χ0) is 17.4. The summed E-state index contributed by atoms with van der Waals surface area (Å²) >= 11 is 0. The van der Waals surface area contributed by atoms with Gasteiger partial charge < -0.3 is 19.7 Å². The van der Waals surface area contributed by atoms with E-state index < -0.39 is 11.9 Å². The molecule has 0 bridgehead atoms. The number of carbonyl (C=O) groups is 3. The fourth-order valence-corrected chi connectivity index (χ4v) is 2.16. The fraction of sp³-hybridized carbons (Fsp3) is 0.353. The lowest BCUT2D eigenvalue weighted by Gasteiger charge is -2.26. The van der Waals surface area contributed by atoms with Gasteiger partial charge in [0, 0.05) is 20.0 Å². The Labute approximate surface area is 140 Å². The van der Waals surface area contributed by atoms with E-state index in [0.717, 1.165) is 5.56 Å². The number of morpholine rings is 1. The van der Waals surface area contributed by atoms with E-state index in [2.05, 4.69) is 5.32 Å². The number of nitrogens with zero attached hydrogens (tertiary/aromatic N) is 1. The molecule has 7 nitrogen and oxygen atoms in total. The van der Waals surface area contributed by atoms with Crippen LogP contribution in [0.25, 0.3) is 6.08 Å². The van der Waals surface area contributed by atoms with Crippen LogP contribution in [0.4, 0.5) is 0 Å². The van der Waals surface area contributed by atoms with Gasteiger partial charge in [0.05, 0.1) is 13.2 Å². The fourth-order valence-electron chi connectivity index (χ4n) is 2.16. The normalized spacial score (nSPS) is 14.9. The van der Waals surface area contributed by atoms with Crippen molar-refractivity contribution in [2.24, 2.45) is 0 Å².